The standard InChI is InChI=1S/C31H56N6O12/c1-4-25(38)32-10-18-46-14-6-27(40)34-12-20-48-16-8-29(42)36-22-24(31(44)45-3)23-37-30(43)9-17-49-21-13-35-28(41)7-15-47-19-11-33-26(39)5-2/h24H,4-23H2,1-3H3,(H,32,38)(H,33,39)(H,34,40)(H,35,41)(H,36,42)(H,37,43). The van der Waals surface area contributed by atoms with Gasteiger partial charge in [-0.1, -0.05) is 13.8 Å². The van der Waals surface area contributed by atoms with Crippen LogP contribution < -0.4 is 31.9 Å². The van der Waals surface area contributed by atoms with E-state index in [0.29, 0.717) is 39.1 Å². The fourth-order valence-electron chi connectivity index (χ4n) is 3.60. The molecule has 282 valence electrons. The van der Waals surface area contributed by atoms with Crippen molar-refractivity contribution in [2.75, 3.05) is 99.2 Å². The van der Waals surface area contributed by atoms with Crippen molar-refractivity contribution in [1.29, 1.82) is 0 Å². The normalized spacial score (nSPS) is 10.6. The van der Waals surface area contributed by atoms with Gasteiger partial charge in [-0.3, -0.25) is 33.6 Å². The Balaban J connectivity index is 3.90. The Bertz CT molecular complexity index is 917. The third kappa shape index (κ3) is 28.8. The summed E-state index contributed by atoms with van der Waals surface area (Å²) in [4.78, 5) is 82.3. The van der Waals surface area contributed by atoms with E-state index < -0.39 is 11.9 Å². The molecule has 0 unspecified atom stereocenters. The van der Waals surface area contributed by atoms with Crippen LogP contribution in [0.4, 0.5) is 0 Å². The van der Waals surface area contributed by atoms with Crippen molar-refractivity contribution in [3.8, 4) is 0 Å². The Hall–Kier alpha value is -3.87. The second-order valence-electron chi connectivity index (χ2n) is 10.4. The first kappa shape index (κ1) is 45.1. The zero-order valence-electron chi connectivity index (χ0n) is 29.1. The Morgan fingerprint density at radius 2 is 0.714 bits per heavy atom. The van der Waals surface area contributed by atoms with Gasteiger partial charge in [0.1, 0.15) is 0 Å². The number of carbonyl (C=O) groups excluding carboxylic acids is 7. The van der Waals surface area contributed by atoms with Crippen LogP contribution in [0.3, 0.4) is 0 Å². The lowest BCUT2D eigenvalue weighted by molar-refractivity contribution is -0.145. The lowest BCUT2D eigenvalue weighted by Crippen LogP contribution is -2.41. The molecule has 0 aliphatic heterocycles. The average Bonchev–Trinajstić information content (AvgIpc) is 3.09. The van der Waals surface area contributed by atoms with Gasteiger partial charge in [-0.25, -0.2) is 0 Å². The third-order valence-corrected chi connectivity index (χ3v) is 6.44. The molecule has 0 aromatic heterocycles. The Morgan fingerprint density at radius 1 is 0.429 bits per heavy atom. The van der Waals surface area contributed by atoms with E-state index >= 15 is 0 Å². The summed E-state index contributed by atoms with van der Waals surface area (Å²) in [6, 6.07) is 0. The Labute approximate surface area is 288 Å². The van der Waals surface area contributed by atoms with Gasteiger partial charge in [0.05, 0.1) is 65.9 Å². The van der Waals surface area contributed by atoms with Gasteiger partial charge < -0.3 is 55.6 Å². The molecule has 0 saturated heterocycles. The minimum absolute atomic E-state index is 0.0300. The summed E-state index contributed by atoms with van der Waals surface area (Å²) in [6.07, 6.45) is 1.21. The SMILES string of the molecule is CCC(=O)NCCOCCC(=O)NCCOCCC(=O)NCC(CNC(=O)CCOCCNC(=O)CCOCCNC(=O)CC)C(=O)OC. The maximum Gasteiger partial charge on any atom is 0.312 e. The van der Waals surface area contributed by atoms with Crippen LogP contribution in [-0.2, 0) is 57.2 Å². The number of methoxy groups -OCH3 is 1. The molecule has 49 heavy (non-hydrogen) atoms. The molecule has 18 heteroatoms. The van der Waals surface area contributed by atoms with Gasteiger partial charge in [0, 0.05) is 77.8 Å². The van der Waals surface area contributed by atoms with E-state index in [4.69, 9.17) is 23.7 Å². The van der Waals surface area contributed by atoms with Crippen molar-refractivity contribution < 1.29 is 57.2 Å². The van der Waals surface area contributed by atoms with Gasteiger partial charge in [0.25, 0.3) is 0 Å². The number of hydrogen-bond donors (Lipinski definition) is 6. The molecule has 0 radical (unpaired) electrons. The third-order valence-electron chi connectivity index (χ3n) is 6.44. The van der Waals surface area contributed by atoms with E-state index in [1.54, 1.807) is 13.8 Å². The van der Waals surface area contributed by atoms with Crippen LogP contribution in [0.25, 0.3) is 0 Å². The van der Waals surface area contributed by atoms with Gasteiger partial charge in [-0.2, -0.15) is 0 Å². The van der Waals surface area contributed by atoms with Crippen LogP contribution in [0.15, 0.2) is 0 Å². The highest BCUT2D eigenvalue weighted by Gasteiger charge is 2.21. The molecule has 6 amide bonds. The zero-order chi connectivity index (χ0) is 36.5. The lowest BCUT2D eigenvalue weighted by Gasteiger charge is -2.16. The van der Waals surface area contributed by atoms with Crippen LogP contribution in [0.5, 0.6) is 0 Å². The number of ether oxygens (including phenoxy) is 5. The summed E-state index contributed by atoms with van der Waals surface area (Å²) in [5.41, 5.74) is 0. The highest BCUT2D eigenvalue weighted by atomic mass is 16.5. The minimum Gasteiger partial charge on any atom is -0.469 e. The molecule has 0 saturated carbocycles. The maximum absolute atomic E-state index is 12.2. The highest BCUT2D eigenvalue weighted by molar-refractivity contribution is 5.80. The second kappa shape index (κ2) is 31.4. The molecule has 0 bridgehead atoms. The summed E-state index contributed by atoms with van der Waals surface area (Å²) >= 11 is 0. The van der Waals surface area contributed by atoms with E-state index in [2.05, 4.69) is 31.9 Å². The van der Waals surface area contributed by atoms with Crippen molar-refractivity contribution in [1.82, 2.24) is 31.9 Å². The number of esters is 1. The molecule has 0 aromatic carbocycles. The number of carbonyl (C=O) groups is 7. The quantitative estimate of drug-likeness (QED) is 0.0337. The molecular formula is C31H56N6O12. The van der Waals surface area contributed by atoms with Crippen LogP contribution >= 0.6 is 0 Å². The van der Waals surface area contributed by atoms with Gasteiger partial charge in [-0.05, 0) is 0 Å². The molecule has 0 fully saturated rings. The first-order valence-electron chi connectivity index (χ1n) is 16.6. The highest BCUT2D eigenvalue weighted by Crippen LogP contribution is 1.98. The van der Waals surface area contributed by atoms with E-state index in [0.717, 1.165) is 0 Å². The van der Waals surface area contributed by atoms with Crippen molar-refractivity contribution in [3.05, 3.63) is 0 Å². The first-order chi connectivity index (χ1) is 23.6. The lowest BCUT2D eigenvalue weighted by atomic mass is 10.1. The van der Waals surface area contributed by atoms with Crippen LogP contribution in [-0.4, -0.2) is 141 Å². The van der Waals surface area contributed by atoms with Gasteiger partial charge >= 0.3 is 5.97 Å². The number of nitrogens with one attached hydrogen (secondary N) is 6. The average molecular weight is 705 g/mol. The maximum atomic E-state index is 12.2. The molecule has 18 nitrogen and oxygen atoms in total. The van der Waals surface area contributed by atoms with Crippen LogP contribution in [0, 0.1) is 5.92 Å². The summed E-state index contributed by atoms with van der Waals surface area (Å²) in [7, 11) is 1.21. The van der Waals surface area contributed by atoms with Crippen molar-refractivity contribution >= 4 is 41.4 Å². The largest absolute Gasteiger partial charge is 0.469 e. The number of hydrogen-bond acceptors (Lipinski definition) is 12. The molecular weight excluding hydrogens is 648 g/mol. The number of amides is 6. The Morgan fingerprint density at radius 3 is 1.00 bits per heavy atom. The van der Waals surface area contributed by atoms with Crippen molar-refractivity contribution in [3.63, 3.8) is 0 Å². The molecule has 0 aliphatic rings. The smallest absolute Gasteiger partial charge is 0.312 e. The summed E-state index contributed by atoms with van der Waals surface area (Å²) in [5.74, 6) is -2.65. The minimum atomic E-state index is -0.802. The Kier molecular flexibility index (Phi) is 28.9. The molecule has 0 aromatic rings. The first-order valence-corrected chi connectivity index (χ1v) is 16.6. The predicted molar refractivity (Wildman–Crippen MR) is 176 cm³/mol. The van der Waals surface area contributed by atoms with Crippen LogP contribution in [0.1, 0.15) is 52.4 Å². The molecule has 0 spiro atoms. The van der Waals surface area contributed by atoms with Gasteiger partial charge in [-0.15, -0.1) is 0 Å². The molecule has 0 heterocycles. The van der Waals surface area contributed by atoms with Gasteiger partial charge in [0.2, 0.25) is 35.4 Å². The molecule has 0 aliphatic carbocycles. The predicted octanol–water partition coefficient (Wildman–Crippen LogP) is -2.08. The zero-order valence-corrected chi connectivity index (χ0v) is 29.1. The van der Waals surface area contributed by atoms with E-state index in [9.17, 15) is 33.6 Å². The monoisotopic (exact) mass is 704 g/mol. The summed E-state index contributed by atoms with van der Waals surface area (Å²) in [5, 5.41) is 15.9. The van der Waals surface area contributed by atoms with E-state index in [1.165, 1.54) is 7.11 Å². The van der Waals surface area contributed by atoms with Crippen molar-refractivity contribution in [2.45, 2.75) is 52.4 Å². The molecule has 0 rings (SSSR count). The molecule has 6 N–H and O–H groups in total. The van der Waals surface area contributed by atoms with E-state index in [-0.39, 0.29) is 127 Å². The fraction of sp³-hybridized carbons (Fsp3) is 0.774. The second-order valence-corrected chi connectivity index (χ2v) is 10.4. The van der Waals surface area contributed by atoms with Crippen LogP contribution in [0.2, 0.25) is 0 Å². The number of rotatable bonds is 31. The fourth-order valence-corrected chi connectivity index (χ4v) is 3.60. The van der Waals surface area contributed by atoms with Crippen molar-refractivity contribution in [2.24, 2.45) is 5.92 Å². The topological polar surface area (TPSA) is 238 Å². The summed E-state index contributed by atoms with van der Waals surface area (Å²) < 4.78 is 26.1. The summed E-state index contributed by atoms with van der Waals surface area (Å²) in [6.45, 7) is 6.43. The van der Waals surface area contributed by atoms with Gasteiger partial charge in [0.15, 0.2) is 0 Å². The van der Waals surface area contributed by atoms with E-state index in [1.807, 2.05) is 0 Å². The molecule has 0 atom stereocenters.